The molecule has 0 aliphatic rings. The van der Waals surface area contributed by atoms with Crippen molar-refractivity contribution in [1.29, 1.82) is 0 Å². The summed E-state index contributed by atoms with van der Waals surface area (Å²) in [7, 11) is 1.61. The number of benzene rings is 3. The summed E-state index contributed by atoms with van der Waals surface area (Å²) in [5, 5.41) is 5.62. The van der Waals surface area contributed by atoms with Gasteiger partial charge in [-0.05, 0) is 54.1 Å². The van der Waals surface area contributed by atoms with E-state index < -0.39 is 6.04 Å². The van der Waals surface area contributed by atoms with Gasteiger partial charge in [0.25, 0.3) is 0 Å². The molecule has 166 valence electrons. The first kappa shape index (κ1) is 23.2. The van der Waals surface area contributed by atoms with Crippen LogP contribution in [0.5, 0.6) is 17.2 Å². The molecule has 0 saturated carbocycles. The Balaban J connectivity index is 1.53. The van der Waals surface area contributed by atoms with Crippen LogP contribution >= 0.6 is 11.8 Å². The van der Waals surface area contributed by atoms with E-state index in [0.717, 1.165) is 27.7 Å². The van der Waals surface area contributed by atoms with Gasteiger partial charge in [0, 0.05) is 24.1 Å². The number of thioether (sulfide) groups is 1. The summed E-state index contributed by atoms with van der Waals surface area (Å²) in [5.74, 6) is 2.19. The highest BCUT2D eigenvalue weighted by Gasteiger charge is 2.19. The normalized spacial score (nSPS) is 11.3. The molecular weight excluding hydrogens is 424 g/mol. The number of hydrogen-bond donors (Lipinski definition) is 2. The Morgan fingerprint density at radius 3 is 2.12 bits per heavy atom. The van der Waals surface area contributed by atoms with Crippen LogP contribution in [-0.2, 0) is 16.1 Å². The van der Waals surface area contributed by atoms with Gasteiger partial charge in [-0.25, -0.2) is 0 Å². The fourth-order valence-corrected chi connectivity index (χ4v) is 3.81. The molecule has 32 heavy (non-hydrogen) atoms. The molecule has 0 aromatic heterocycles. The maximum atomic E-state index is 12.7. The van der Waals surface area contributed by atoms with E-state index in [1.54, 1.807) is 7.11 Å². The molecule has 2 amide bonds. The van der Waals surface area contributed by atoms with E-state index in [0.29, 0.717) is 12.3 Å². The topological polar surface area (TPSA) is 76.7 Å². The first-order chi connectivity index (χ1) is 15.5. The number of carbonyl (C=O) groups excluding carboxylic acids is 2. The fourth-order valence-electron chi connectivity index (χ4n) is 2.89. The van der Waals surface area contributed by atoms with Crippen molar-refractivity contribution in [1.82, 2.24) is 10.6 Å². The molecule has 1 atom stereocenters. The summed E-state index contributed by atoms with van der Waals surface area (Å²) < 4.78 is 10.9. The van der Waals surface area contributed by atoms with Crippen molar-refractivity contribution in [2.24, 2.45) is 0 Å². The molecule has 0 saturated heterocycles. The zero-order chi connectivity index (χ0) is 22.8. The highest BCUT2D eigenvalue weighted by Crippen LogP contribution is 2.25. The van der Waals surface area contributed by atoms with Crippen LogP contribution in [-0.4, -0.2) is 30.7 Å². The number of amides is 2. The number of hydrogen-bond acceptors (Lipinski definition) is 5. The van der Waals surface area contributed by atoms with Gasteiger partial charge >= 0.3 is 0 Å². The van der Waals surface area contributed by atoms with Crippen LogP contribution in [0, 0.1) is 0 Å². The van der Waals surface area contributed by atoms with Gasteiger partial charge in [-0.3, -0.25) is 9.59 Å². The average Bonchev–Trinajstić information content (AvgIpc) is 2.82. The van der Waals surface area contributed by atoms with Crippen molar-refractivity contribution in [2.45, 2.75) is 24.4 Å². The molecule has 0 radical (unpaired) electrons. The molecule has 0 fully saturated rings. The largest absolute Gasteiger partial charge is 0.497 e. The van der Waals surface area contributed by atoms with Gasteiger partial charge < -0.3 is 20.1 Å². The lowest BCUT2D eigenvalue weighted by molar-refractivity contribution is -0.127. The molecule has 3 aromatic rings. The minimum atomic E-state index is -0.643. The lowest BCUT2D eigenvalue weighted by Gasteiger charge is -2.17. The van der Waals surface area contributed by atoms with E-state index in [1.807, 2.05) is 78.9 Å². The van der Waals surface area contributed by atoms with Crippen LogP contribution in [0.2, 0.25) is 0 Å². The molecule has 1 unspecified atom stereocenters. The maximum Gasteiger partial charge on any atom is 0.243 e. The summed E-state index contributed by atoms with van der Waals surface area (Å²) in [5.41, 5.74) is 0.947. The monoisotopic (exact) mass is 450 g/mol. The number of para-hydroxylation sites is 1. The predicted octanol–water partition coefficient (Wildman–Crippen LogP) is 4.40. The number of ether oxygens (including phenoxy) is 2. The highest BCUT2D eigenvalue weighted by atomic mass is 32.2. The summed E-state index contributed by atoms with van der Waals surface area (Å²) in [6.07, 6.45) is 0. The number of carbonyl (C=O) groups is 2. The molecule has 0 aliphatic carbocycles. The fraction of sp³-hybridized carbons (Fsp3) is 0.200. The zero-order valence-corrected chi connectivity index (χ0v) is 18.9. The Bertz CT molecular complexity index is 1010. The summed E-state index contributed by atoms with van der Waals surface area (Å²) in [4.78, 5) is 25.2. The van der Waals surface area contributed by atoms with Crippen molar-refractivity contribution < 1.29 is 19.1 Å². The van der Waals surface area contributed by atoms with Crippen LogP contribution in [0.4, 0.5) is 0 Å². The van der Waals surface area contributed by atoms with Gasteiger partial charge in [-0.2, -0.15) is 0 Å². The van der Waals surface area contributed by atoms with Crippen LogP contribution in [0.15, 0.2) is 83.8 Å². The average molecular weight is 451 g/mol. The molecule has 0 aliphatic heterocycles. The molecule has 7 heteroatoms. The van der Waals surface area contributed by atoms with E-state index in [4.69, 9.17) is 9.47 Å². The van der Waals surface area contributed by atoms with Crippen molar-refractivity contribution in [2.75, 3.05) is 12.9 Å². The summed E-state index contributed by atoms with van der Waals surface area (Å²) >= 11 is 1.49. The smallest absolute Gasteiger partial charge is 0.243 e. The molecule has 3 aromatic carbocycles. The third-order valence-electron chi connectivity index (χ3n) is 4.54. The highest BCUT2D eigenvalue weighted by molar-refractivity contribution is 7.99. The second kappa shape index (κ2) is 11.8. The van der Waals surface area contributed by atoms with E-state index >= 15 is 0 Å². The Kier molecular flexibility index (Phi) is 8.57. The Morgan fingerprint density at radius 2 is 1.50 bits per heavy atom. The zero-order valence-electron chi connectivity index (χ0n) is 18.0. The van der Waals surface area contributed by atoms with Gasteiger partial charge in [0.15, 0.2) is 0 Å². The summed E-state index contributed by atoms with van der Waals surface area (Å²) in [6.45, 7) is 1.78. The number of rotatable bonds is 10. The maximum absolute atomic E-state index is 12.7. The van der Waals surface area contributed by atoms with Gasteiger partial charge in [0.2, 0.25) is 11.8 Å². The first-order valence-corrected chi connectivity index (χ1v) is 11.2. The Morgan fingerprint density at radius 1 is 0.875 bits per heavy atom. The minimum Gasteiger partial charge on any atom is -0.497 e. The molecular formula is C25H26N2O4S. The predicted molar refractivity (Wildman–Crippen MR) is 126 cm³/mol. The van der Waals surface area contributed by atoms with Crippen molar-refractivity contribution in [3.8, 4) is 17.2 Å². The van der Waals surface area contributed by atoms with Gasteiger partial charge in [-0.15, -0.1) is 11.8 Å². The van der Waals surface area contributed by atoms with Crippen LogP contribution in [0.3, 0.4) is 0 Å². The lowest BCUT2D eigenvalue weighted by atomic mass is 10.2. The van der Waals surface area contributed by atoms with Crippen LogP contribution < -0.4 is 20.1 Å². The summed E-state index contributed by atoms with van der Waals surface area (Å²) in [6, 6.07) is 24.0. The van der Waals surface area contributed by atoms with E-state index in [-0.39, 0.29) is 11.8 Å². The van der Waals surface area contributed by atoms with Crippen LogP contribution in [0.1, 0.15) is 12.5 Å². The second-order valence-electron chi connectivity index (χ2n) is 7.02. The van der Waals surface area contributed by atoms with Gasteiger partial charge in [0.1, 0.15) is 23.3 Å². The lowest BCUT2D eigenvalue weighted by Crippen LogP contribution is -2.47. The standard InChI is InChI=1S/C25H26N2O4S/c1-18(28)27-24(25(29)26-16-19-8-10-20(30-2)11-9-19)17-32-23-14-12-22(13-15-23)31-21-6-4-3-5-7-21/h3-15,24H,16-17H2,1-2H3,(H,26,29)(H,27,28). The molecule has 3 rings (SSSR count). The van der Waals surface area contributed by atoms with E-state index in [1.165, 1.54) is 18.7 Å². The SMILES string of the molecule is COc1ccc(CNC(=O)C(CSc2ccc(Oc3ccccc3)cc2)NC(C)=O)cc1. The van der Waals surface area contributed by atoms with E-state index in [2.05, 4.69) is 10.6 Å². The van der Waals surface area contributed by atoms with Gasteiger partial charge in [0.05, 0.1) is 7.11 Å². The quantitative estimate of drug-likeness (QED) is 0.448. The minimum absolute atomic E-state index is 0.229. The molecule has 0 heterocycles. The van der Waals surface area contributed by atoms with Crippen molar-refractivity contribution in [3.05, 3.63) is 84.4 Å². The van der Waals surface area contributed by atoms with Crippen molar-refractivity contribution in [3.63, 3.8) is 0 Å². The Hall–Kier alpha value is -3.45. The second-order valence-corrected chi connectivity index (χ2v) is 8.11. The number of nitrogens with one attached hydrogen (secondary N) is 2. The van der Waals surface area contributed by atoms with Crippen molar-refractivity contribution >= 4 is 23.6 Å². The third kappa shape index (κ3) is 7.35. The molecule has 6 nitrogen and oxygen atoms in total. The molecule has 0 bridgehead atoms. The van der Waals surface area contributed by atoms with E-state index in [9.17, 15) is 9.59 Å². The molecule has 0 spiro atoms. The third-order valence-corrected chi connectivity index (χ3v) is 5.64. The van der Waals surface area contributed by atoms with Crippen LogP contribution in [0.25, 0.3) is 0 Å². The van der Waals surface area contributed by atoms with Gasteiger partial charge in [-0.1, -0.05) is 30.3 Å². The molecule has 2 N–H and O–H groups in total. The first-order valence-electron chi connectivity index (χ1n) is 10.2. The number of methoxy groups -OCH3 is 1. The Labute approximate surface area is 192 Å².